The number of benzene rings is 2. The van der Waals surface area contributed by atoms with Gasteiger partial charge in [0, 0.05) is 20.8 Å². The van der Waals surface area contributed by atoms with Gasteiger partial charge in [0.2, 0.25) is 11.6 Å². The minimum Gasteiger partial charge on any atom is -0.493 e. The van der Waals surface area contributed by atoms with Crippen molar-refractivity contribution in [3.8, 4) is 17.2 Å². The van der Waals surface area contributed by atoms with Crippen LogP contribution >= 0.6 is 23.4 Å². The summed E-state index contributed by atoms with van der Waals surface area (Å²) in [5.74, 6) is 2.36. The normalized spacial score (nSPS) is 13.4. The van der Waals surface area contributed by atoms with E-state index in [9.17, 15) is 0 Å². The number of aromatic amines is 1. The molecule has 0 saturated carbocycles. The van der Waals surface area contributed by atoms with E-state index in [0.717, 1.165) is 26.4 Å². The van der Waals surface area contributed by atoms with Crippen molar-refractivity contribution in [1.29, 1.82) is 0 Å². The molecule has 0 amide bonds. The van der Waals surface area contributed by atoms with Gasteiger partial charge in [-0.25, -0.2) is 4.99 Å². The Morgan fingerprint density at radius 3 is 2.43 bits per heavy atom. The Bertz CT molecular complexity index is 1040. The molecule has 0 aliphatic carbocycles. The smallest absolute Gasteiger partial charge is 0.234 e. The van der Waals surface area contributed by atoms with Gasteiger partial charge < -0.3 is 23.9 Å². The summed E-state index contributed by atoms with van der Waals surface area (Å²) in [7, 11) is 4.79. The van der Waals surface area contributed by atoms with Gasteiger partial charge >= 0.3 is 0 Å². The highest BCUT2D eigenvalue weighted by molar-refractivity contribution is 7.99. The number of aliphatic imine (C=N–C) groups is 1. The number of nitrogens with zero attached hydrogens (tertiary/aromatic N) is 1. The third kappa shape index (κ3) is 3.36. The molecule has 4 rings (SSSR count). The monoisotopic (exact) mass is 418 g/mol. The van der Waals surface area contributed by atoms with Gasteiger partial charge in [-0.3, -0.25) is 0 Å². The molecule has 6 nitrogen and oxygen atoms in total. The van der Waals surface area contributed by atoms with Gasteiger partial charge in [0.05, 0.1) is 32.8 Å². The van der Waals surface area contributed by atoms with Crippen LogP contribution in [0.2, 0.25) is 5.02 Å². The van der Waals surface area contributed by atoms with Crippen molar-refractivity contribution in [3.05, 3.63) is 41.0 Å². The largest absolute Gasteiger partial charge is 0.493 e. The number of halogens is 1. The fourth-order valence-corrected chi connectivity index (χ4v) is 4.38. The number of ether oxygens (including phenoxy) is 4. The Kier molecular flexibility index (Phi) is 5.28. The van der Waals surface area contributed by atoms with Crippen LogP contribution in [0.15, 0.2) is 45.1 Å². The second-order valence-electron chi connectivity index (χ2n) is 6.02. The molecule has 0 unspecified atom stereocenters. The fraction of sp³-hybridized carbons (Fsp3) is 0.250. The molecule has 0 fully saturated rings. The van der Waals surface area contributed by atoms with Crippen molar-refractivity contribution in [2.75, 3.05) is 34.5 Å². The van der Waals surface area contributed by atoms with Gasteiger partial charge in [0.25, 0.3) is 0 Å². The third-order valence-corrected chi connectivity index (χ3v) is 5.71. The van der Waals surface area contributed by atoms with Gasteiger partial charge in [-0.15, -0.1) is 0 Å². The van der Waals surface area contributed by atoms with E-state index in [1.54, 1.807) is 33.1 Å². The SMILES string of the molecule is COc1cc(Sc2c(C3=NCCO3)[nH]c3ccc(Cl)cc23)cc(OC)c1OC. The van der Waals surface area contributed by atoms with Crippen molar-refractivity contribution >= 4 is 40.2 Å². The predicted octanol–water partition coefficient (Wildman–Crippen LogP) is 4.78. The Hall–Kier alpha value is -2.51. The second-order valence-corrected chi connectivity index (χ2v) is 7.54. The first-order valence-corrected chi connectivity index (χ1v) is 9.80. The molecule has 0 bridgehead atoms. The lowest BCUT2D eigenvalue weighted by atomic mass is 10.2. The molecule has 2 aromatic carbocycles. The molecule has 0 spiro atoms. The molecule has 1 aliphatic rings. The second kappa shape index (κ2) is 7.85. The minimum atomic E-state index is 0.556. The molecule has 2 heterocycles. The fourth-order valence-electron chi connectivity index (χ4n) is 3.12. The molecule has 0 saturated heterocycles. The van der Waals surface area contributed by atoms with Crippen LogP contribution in [-0.4, -0.2) is 45.4 Å². The molecule has 8 heteroatoms. The van der Waals surface area contributed by atoms with Crippen LogP contribution in [0.5, 0.6) is 17.2 Å². The molecule has 1 aliphatic heterocycles. The molecule has 0 atom stereocenters. The van der Waals surface area contributed by atoms with Gasteiger partial charge in [-0.1, -0.05) is 23.4 Å². The van der Waals surface area contributed by atoms with Crippen molar-refractivity contribution in [1.82, 2.24) is 4.98 Å². The lowest BCUT2D eigenvalue weighted by molar-refractivity contribution is 0.323. The van der Waals surface area contributed by atoms with E-state index in [2.05, 4.69) is 9.98 Å². The van der Waals surface area contributed by atoms with Crippen LogP contribution in [-0.2, 0) is 4.74 Å². The van der Waals surface area contributed by atoms with Gasteiger partial charge in [0.1, 0.15) is 12.3 Å². The number of fused-ring (bicyclic) bond motifs is 1. The number of methoxy groups -OCH3 is 3. The Morgan fingerprint density at radius 1 is 1.07 bits per heavy atom. The van der Waals surface area contributed by atoms with E-state index in [1.165, 1.54) is 0 Å². The van der Waals surface area contributed by atoms with Crippen molar-refractivity contribution < 1.29 is 18.9 Å². The van der Waals surface area contributed by atoms with Crippen LogP contribution in [0.1, 0.15) is 5.69 Å². The zero-order valence-corrected chi connectivity index (χ0v) is 17.2. The molecule has 1 N–H and O–H groups in total. The van der Waals surface area contributed by atoms with E-state index in [0.29, 0.717) is 41.3 Å². The van der Waals surface area contributed by atoms with Crippen LogP contribution in [0.4, 0.5) is 0 Å². The van der Waals surface area contributed by atoms with Crippen LogP contribution in [0.3, 0.4) is 0 Å². The van der Waals surface area contributed by atoms with E-state index >= 15 is 0 Å². The van der Waals surface area contributed by atoms with Gasteiger partial charge in [-0.05, 0) is 30.3 Å². The number of aromatic nitrogens is 1. The van der Waals surface area contributed by atoms with Crippen LogP contribution in [0.25, 0.3) is 10.9 Å². The van der Waals surface area contributed by atoms with Crippen LogP contribution < -0.4 is 14.2 Å². The maximum Gasteiger partial charge on any atom is 0.234 e. The standard InChI is InChI=1S/C20H19ClN2O4S/c1-24-15-9-12(10-16(25-2)18(15)26-3)28-19-13-8-11(21)4-5-14(13)23-17(19)20-22-6-7-27-20/h4-5,8-10,23H,6-7H2,1-3H3. The quantitative estimate of drug-likeness (QED) is 0.624. The molecule has 146 valence electrons. The van der Waals surface area contributed by atoms with E-state index in [1.807, 2.05) is 30.3 Å². The summed E-state index contributed by atoms with van der Waals surface area (Å²) in [4.78, 5) is 9.78. The maximum atomic E-state index is 6.26. The van der Waals surface area contributed by atoms with Crippen molar-refractivity contribution in [2.45, 2.75) is 9.79 Å². The number of hydrogen-bond acceptors (Lipinski definition) is 6. The summed E-state index contributed by atoms with van der Waals surface area (Å²) in [6, 6.07) is 9.57. The number of nitrogens with one attached hydrogen (secondary N) is 1. The number of hydrogen-bond donors (Lipinski definition) is 1. The molecule has 28 heavy (non-hydrogen) atoms. The zero-order valence-electron chi connectivity index (χ0n) is 15.7. The summed E-state index contributed by atoms with van der Waals surface area (Å²) in [5, 5.41) is 1.67. The summed E-state index contributed by atoms with van der Waals surface area (Å²) in [6.07, 6.45) is 0. The first-order chi connectivity index (χ1) is 13.6. The molecule has 1 aromatic heterocycles. The minimum absolute atomic E-state index is 0.556. The number of rotatable bonds is 6. The van der Waals surface area contributed by atoms with Crippen LogP contribution in [0, 0.1) is 0 Å². The molecular weight excluding hydrogens is 400 g/mol. The highest BCUT2D eigenvalue weighted by atomic mass is 35.5. The van der Waals surface area contributed by atoms with Gasteiger partial charge in [-0.2, -0.15) is 0 Å². The predicted molar refractivity (Wildman–Crippen MR) is 111 cm³/mol. The Morgan fingerprint density at radius 2 is 1.82 bits per heavy atom. The average molecular weight is 419 g/mol. The third-order valence-electron chi connectivity index (χ3n) is 4.37. The maximum absolute atomic E-state index is 6.26. The zero-order chi connectivity index (χ0) is 19.7. The van der Waals surface area contributed by atoms with E-state index in [4.69, 9.17) is 30.5 Å². The van der Waals surface area contributed by atoms with Gasteiger partial charge in [0.15, 0.2) is 11.5 Å². The average Bonchev–Trinajstić information content (AvgIpc) is 3.35. The van der Waals surface area contributed by atoms with Crippen molar-refractivity contribution in [2.24, 2.45) is 4.99 Å². The van der Waals surface area contributed by atoms with E-state index in [-0.39, 0.29) is 0 Å². The number of H-pyrrole nitrogens is 1. The highest BCUT2D eigenvalue weighted by Crippen LogP contribution is 2.45. The van der Waals surface area contributed by atoms with E-state index < -0.39 is 0 Å². The van der Waals surface area contributed by atoms with Crippen molar-refractivity contribution in [3.63, 3.8) is 0 Å². The summed E-state index contributed by atoms with van der Waals surface area (Å²) >= 11 is 7.81. The summed E-state index contributed by atoms with van der Waals surface area (Å²) < 4.78 is 22.1. The lowest BCUT2D eigenvalue weighted by Crippen LogP contribution is -2.03. The molecule has 3 aromatic rings. The molecular formula is C20H19ClN2O4S. The highest BCUT2D eigenvalue weighted by Gasteiger charge is 2.22. The first-order valence-electron chi connectivity index (χ1n) is 8.61. The summed E-state index contributed by atoms with van der Waals surface area (Å²) in [6.45, 7) is 1.24. The Balaban J connectivity index is 1.85. The summed E-state index contributed by atoms with van der Waals surface area (Å²) in [5.41, 5.74) is 1.81. The Labute approximate surface area is 171 Å². The molecule has 0 radical (unpaired) electrons. The lowest BCUT2D eigenvalue weighted by Gasteiger charge is -2.14. The topological polar surface area (TPSA) is 65.1 Å². The first kappa shape index (κ1) is 18.8.